The standard InChI is InChI=1S/C15H25N3O2/c1-11(2)18-10-16-8-13(18)12-6-7-17(9-12)14(19)20-15(3,4)5/h8,10-12H,6-7,9H2,1-5H3. The first-order chi connectivity index (χ1) is 9.28. The van der Waals surface area contributed by atoms with Crippen molar-refractivity contribution in [1.29, 1.82) is 0 Å². The van der Waals surface area contributed by atoms with Gasteiger partial charge in [0.2, 0.25) is 0 Å². The first-order valence-corrected chi connectivity index (χ1v) is 7.27. The fourth-order valence-electron chi connectivity index (χ4n) is 2.56. The second kappa shape index (κ2) is 5.46. The number of imidazole rings is 1. The van der Waals surface area contributed by atoms with Crippen LogP contribution >= 0.6 is 0 Å². The molecule has 1 aromatic rings. The van der Waals surface area contributed by atoms with Crippen LogP contribution in [0.5, 0.6) is 0 Å². The summed E-state index contributed by atoms with van der Waals surface area (Å²) in [5.41, 5.74) is 0.778. The van der Waals surface area contributed by atoms with Crippen molar-refractivity contribution in [2.75, 3.05) is 13.1 Å². The number of amides is 1. The van der Waals surface area contributed by atoms with Crippen LogP contribution in [0.25, 0.3) is 0 Å². The summed E-state index contributed by atoms with van der Waals surface area (Å²) in [5.74, 6) is 0.354. The topological polar surface area (TPSA) is 47.4 Å². The monoisotopic (exact) mass is 279 g/mol. The van der Waals surface area contributed by atoms with Gasteiger partial charge >= 0.3 is 6.09 Å². The van der Waals surface area contributed by atoms with E-state index >= 15 is 0 Å². The molecule has 2 heterocycles. The van der Waals surface area contributed by atoms with Crippen molar-refractivity contribution >= 4 is 6.09 Å². The Morgan fingerprint density at radius 1 is 1.45 bits per heavy atom. The smallest absolute Gasteiger partial charge is 0.410 e. The average Bonchev–Trinajstić information content (AvgIpc) is 2.95. The summed E-state index contributed by atoms with van der Waals surface area (Å²) in [6.45, 7) is 11.4. The summed E-state index contributed by atoms with van der Waals surface area (Å²) in [4.78, 5) is 18.1. The van der Waals surface area contributed by atoms with Gasteiger partial charge in [0.25, 0.3) is 0 Å². The zero-order valence-electron chi connectivity index (χ0n) is 13.1. The van der Waals surface area contributed by atoms with Gasteiger partial charge in [-0.1, -0.05) is 0 Å². The predicted molar refractivity (Wildman–Crippen MR) is 77.8 cm³/mol. The van der Waals surface area contributed by atoms with Crippen molar-refractivity contribution in [2.45, 2.75) is 58.6 Å². The van der Waals surface area contributed by atoms with E-state index in [-0.39, 0.29) is 6.09 Å². The number of hydrogen-bond acceptors (Lipinski definition) is 3. The summed E-state index contributed by atoms with van der Waals surface area (Å²) in [5, 5.41) is 0. The molecule has 5 heteroatoms. The highest BCUT2D eigenvalue weighted by atomic mass is 16.6. The number of nitrogens with zero attached hydrogens (tertiary/aromatic N) is 3. The molecule has 2 rings (SSSR count). The van der Waals surface area contributed by atoms with Crippen molar-refractivity contribution in [2.24, 2.45) is 0 Å². The van der Waals surface area contributed by atoms with Gasteiger partial charge in [-0.25, -0.2) is 9.78 Å². The van der Waals surface area contributed by atoms with Crippen LogP contribution in [0.1, 0.15) is 58.7 Å². The van der Waals surface area contributed by atoms with E-state index in [1.54, 1.807) is 4.90 Å². The molecule has 0 N–H and O–H groups in total. The number of aromatic nitrogens is 2. The Labute approximate surface area is 120 Å². The van der Waals surface area contributed by atoms with E-state index < -0.39 is 5.60 Å². The van der Waals surface area contributed by atoms with Crippen molar-refractivity contribution < 1.29 is 9.53 Å². The second-order valence-electron chi connectivity index (χ2n) is 6.73. The molecule has 1 atom stereocenters. The van der Waals surface area contributed by atoms with Crippen LogP contribution in [-0.2, 0) is 4.74 Å². The third-order valence-electron chi connectivity index (χ3n) is 3.51. The maximum Gasteiger partial charge on any atom is 0.410 e. The van der Waals surface area contributed by atoms with Crippen molar-refractivity contribution in [3.05, 3.63) is 18.2 Å². The molecular formula is C15H25N3O2. The van der Waals surface area contributed by atoms with Crippen LogP contribution in [0.4, 0.5) is 4.79 Å². The summed E-state index contributed by atoms with van der Waals surface area (Å²) in [6.07, 6.45) is 4.55. The number of likely N-dealkylation sites (tertiary alicyclic amines) is 1. The Morgan fingerprint density at radius 2 is 2.15 bits per heavy atom. The van der Waals surface area contributed by atoms with Crippen LogP contribution in [-0.4, -0.2) is 39.2 Å². The van der Waals surface area contributed by atoms with E-state index in [4.69, 9.17) is 4.74 Å². The van der Waals surface area contributed by atoms with Crippen LogP contribution in [0.15, 0.2) is 12.5 Å². The minimum Gasteiger partial charge on any atom is -0.444 e. The summed E-state index contributed by atoms with van der Waals surface area (Å²) in [7, 11) is 0. The molecule has 1 saturated heterocycles. The van der Waals surface area contributed by atoms with E-state index in [1.807, 2.05) is 33.3 Å². The van der Waals surface area contributed by atoms with E-state index in [1.165, 1.54) is 5.69 Å². The van der Waals surface area contributed by atoms with Gasteiger partial charge in [-0.3, -0.25) is 0 Å². The van der Waals surface area contributed by atoms with Crippen molar-refractivity contribution in [3.63, 3.8) is 0 Å². The first-order valence-electron chi connectivity index (χ1n) is 7.27. The zero-order valence-corrected chi connectivity index (χ0v) is 13.1. The molecule has 0 spiro atoms. The molecular weight excluding hydrogens is 254 g/mol. The third-order valence-corrected chi connectivity index (χ3v) is 3.51. The number of rotatable bonds is 2. The summed E-state index contributed by atoms with van der Waals surface area (Å²) < 4.78 is 7.61. The van der Waals surface area contributed by atoms with Crippen LogP contribution in [0.3, 0.4) is 0 Å². The highest BCUT2D eigenvalue weighted by molar-refractivity contribution is 5.68. The van der Waals surface area contributed by atoms with Gasteiger partial charge in [-0.15, -0.1) is 0 Å². The molecule has 0 aromatic carbocycles. The molecule has 0 saturated carbocycles. The Balaban J connectivity index is 2.02. The molecule has 1 fully saturated rings. The van der Waals surface area contributed by atoms with Crippen molar-refractivity contribution in [1.82, 2.24) is 14.5 Å². The third kappa shape index (κ3) is 3.32. The van der Waals surface area contributed by atoms with Gasteiger partial charge in [-0.2, -0.15) is 0 Å². The quantitative estimate of drug-likeness (QED) is 0.835. The molecule has 1 aliphatic rings. The Morgan fingerprint density at radius 3 is 2.75 bits per heavy atom. The molecule has 0 radical (unpaired) electrons. The fraction of sp³-hybridized carbons (Fsp3) is 0.733. The van der Waals surface area contributed by atoms with Crippen molar-refractivity contribution in [3.8, 4) is 0 Å². The number of hydrogen-bond donors (Lipinski definition) is 0. The molecule has 1 aromatic heterocycles. The van der Waals surface area contributed by atoms with Gasteiger partial charge in [0.05, 0.1) is 6.33 Å². The van der Waals surface area contributed by atoms with E-state index in [9.17, 15) is 4.79 Å². The molecule has 20 heavy (non-hydrogen) atoms. The maximum absolute atomic E-state index is 12.1. The second-order valence-corrected chi connectivity index (χ2v) is 6.73. The predicted octanol–water partition coefficient (Wildman–Crippen LogP) is 3.19. The van der Waals surface area contributed by atoms with Gasteiger partial charge in [-0.05, 0) is 41.0 Å². The molecule has 112 valence electrons. The van der Waals surface area contributed by atoms with E-state index in [0.717, 1.165) is 13.0 Å². The number of carbonyl (C=O) groups is 1. The molecule has 5 nitrogen and oxygen atoms in total. The molecule has 1 aliphatic heterocycles. The fourth-order valence-corrected chi connectivity index (χ4v) is 2.56. The minimum atomic E-state index is -0.436. The first kappa shape index (κ1) is 14.9. The summed E-state index contributed by atoms with van der Waals surface area (Å²) in [6, 6.07) is 0.392. The van der Waals surface area contributed by atoms with Gasteiger partial charge in [0.15, 0.2) is 0 Å². The maximum atomic E-state index is 12.1. The highest BCUT2D eigenvalue weighted by Gasteiger charge is 2.32. The SMILES string of the molecule is CC(C)n1cncc1C1CCN(C(=O)OC(C)(C)C)C1. The van der Waals surface area contributed by atoms with E-state index in [0.29, 0.717) is 18.5 Å². The lowest BCUT2D eigenvalue weighted by Gasteiger charge is -2.24. The molecule has 1 unspecified atom stereocenters. The Kier molecular flexibility index (Phi) is 4.06. The lowest BCUT2D eigenvalue weighted by molar-refractivity contribution is 0.0292. The van der Waals surface area contributed by atoms with E-state index in [2.05, 4.69) is 23.4 Å². The normalized spacial score (nSPS) is 19.7. The zero-order chi connectivity index (χ0) is 14.9. The number of carbonyl (C=O) groups excluding carboxylic acids is 1. The van der Waals surface area contributed by atoms with Gasteiger partial charge in [0, 0.05) is 36.9 Å². The minimum absolute atomic E-state index is 0.212. The van der Waals surface area contributed by atoms with Crippen LogP contribution in [0.2, 0.25) is 0 Å². The molecule has 1 amide bonds. The lowest BCUT2D eigenvalue weighted by atomic mass is 10.1. The average molecular weight is 279 g/mol. The highest BCUT2D eigenvalue weighted by Crippen LogP contribution is 2.29. The Bertz CT molecular complexity index is 474. The van der Waals surface area contributed by atoms with Crippen LogP contribution in [0, 0.1) is 0 Å². The molecule has 0 bridgehead atoms. The van der Waals surface area contributed by atoms with Crippen LogP contribution < -0.4 is 0 Å². The molecule has 0 aliphatic carbocycles. The Hall–Kier alpha value is -1.52. The lowest BCUT2D eigenvalue weighted by Crippen LogP contribution is -2.35. The summed E-state index contributed by atoms with van der Waals surface area (Å²) >= 11 is 0. The van der Waals surface area contributed by atoms with Gasteiger partial charge < -0.3 is 14.2 Å². The largest absolute Gasteiger partial charge is 0.444 e. The van der Waals surface area contributed by atoms with Gasteiger partial charge in [0.1, 0.15) is 5.60 Å². The number of ether oxygens (including phenoxy) is 1.